The van der Waals surface area contributed by atoms with Gasteiger partial charge in [0.1, 0.15) is 6.61 Å². The van der Waals surface area contributed by atoms with Gasteiger partial charge in [-0.1, -0.05) is 41.5 Å². The highest BCUT2D eigenvalue weighted by Crippen LogP contribution is 2.04. The molecule has 3 fully saturated rings. The number of hydrogen-bond donors (Lipinski definition) is 1. The molecule has 0 aromatic heterocycles. The van der Waals surface area contributed by atoms with E-state index in [9.17, 15) is 14.4 Å². The van der Waals surface area contributed by atoms with Crippen molar-refractivity contribution >= 4 is 18.0 Å². The van der Waals surface area contributed by atoms with Gasteiger partial charge in [-0.05, 0) is 6.42 Å². The van der Waals surface area contributed by atoms with Gasteiger partial charge in [0, 0.05) is 47.2 Å². The van der Waals surface area contributed by atoms with Crippen molar-refractivity contribution in [3.05, 3.63) is 0 Å². The van der Waals surface area contributed by atoms with Crippen LogP contribution in [-0.2, 0) is 9.53 Å². The first-order valence-electron chi connectivity index (χ1n) is 10.0. The summed E-state index contributed by atoms with van der Waals surface area (Å²) < 4.78 is 4.55. The monoisotopic (exact) mass is 390 g/mol. The number of nitrogens with zero attached hydrogens (tertiary/aromatic N) is 3. The van der Waals surface area contributed by atoms with Crippen LogP contribution in [0.5, 0.6) is 0 Å². The maximum absolute atomic E-state index is 10.5. The summed E-state index contributed by atoms with van der Waals surface area (Å²) in [5, 5.41) is 2.66. The van der Waals surface area contributed by atoms with E-state index in [4.69, 9.17) is 0 Å². The van der Waals surface area contributed by atoms with Crippen LogP contribution in [0.15, 0.2) is 0 Å². The highest BCUT2D eigenvalue weighted by atomic mass is 16.6. The summed E-state index contributed by atoms with van der Waals surface area (Å²) in [6.07, 6.45) is 1.60. The lowest BCUT2D eigenvalue weighted by Gasteiger charge is -2.03. The second kappa shape index (κ2) is 20.3. The molecule has 4 amide bonds. The van der Waals surface area contributed by atoms with Crippen LogP contribution in [0, 0.1) is 0 Å². The van der Waals surface area contributed by atoms with Crippen molar-refractivity contribution in [1.29, 1.82) is 0 Å². The highest BCUT2D eigenvalue weighted by molar-refractivity contribution is 5.77. The molecule has 0 bridgehead atoms. The number of amides is 4. The zero-order valence-electron chi connectivity index (χ0n) is 18.9. The first-order valence-corrected chi connectivity index (χ1v) is 10.0. The first kappa shape index (κ1) is 29.8. The molecular formula is C19H42N4O4. The second-order valence-electron chi connectivity index (χ2n) is 5.11. The average Bonchev–Trinajstić information content (AvgIpc) is 3.39. The summed E-state index contributed by atoms with van der Waals surface area (Å²) in [6.45, 7) is 15.9. The Hall–Kier alpha value is -1.99. The summed E-state index contributed by atoms with van der Waals surface area (Å²) >= 11 is 0. The van der Waals surface area contributed by atoms with E-state index in [1.54, 1.807) is 28.8 Å². The van der Waals surface area contributed by atoms with E-state index in [0.717, 1.165) is 39.0 Å². The van der Waals surface area contributed by atoms with Crippen LogP contribution in [0.2, 0.25) is 0 Å². The standard InChI is InChI=1S/C5H9NO.C4H8N2O.C4H7NO2.3C2H6/c1-6-4-2-3-5(6)7;1-6-3-2-5-4(6)7;1-5-2-3-7-4(5)6;3*1-2/h2-4H2,1H3;2-3H2,1H3,(H,5,7);2-3H2,1H3;3*1-2H3. The fraction of sp³-hybridized carbons (Fsp3) is 0.842. The molecule has 3 saturated heterocycles. The average molecular weight is 391 g/mol. The van der Waals surface area contributed by atoms with Crippen LogP contribution >= 0.6 is 0 Å². The van der Waals surface area contributed by atoms with E-state index in [0.29, 0.717) is 12.5 Å². The Morgan fingerprint density at radius 1 is 0.778 bits per heavy atom. The van der Waals surface area contributed by atoms with E-state index < -0.39 is 0 Å². The van der Waals surface area contributed by atoms with E-state index >= 15 is 0 Å². The summed E-state index contributed by atoms with van der Waals surface area (Å²) in [5.74, 6) is 0.292. The molecule has 8 heteroatoms. The van der Waals surface area contributed by atoms with Crippen LogP contribution in [0.1, 0.15) is 54.4 Å². The second-order valence-corrected chi connectivity index (χ2v) is 5.11. The normalized spacial score (nSPS) is 16.6. The number of ether oxygens (including phenoxy) is 1. The number of rotatable bonds is 0. The van der Waals surface area contributed by atoms with Gasteiger partial charge in [-0.15, -0.1) is 0 Å². The molecule has 0 aliphatic carbocycles. The Morgan fingerprint density at radius 3 is 1.44 bits per heavy atom. The van der Waals surface area contributed by atoms with E-state index in [1.165, 1.54) is 0 Å². The smallest absolute Gasteiger partial charge is 0.409 e. The van der Waals surface area contributed by atoms with Gasteiger partial charge in [-0.2, -0.15) is 0 Å². The van der Waals surface area contributed by atoms with Gasteiger partial charge in [0.2, 0.25) is 5.91 Å². The van der Waals surface area contributed by atoms with Crippen molar-refractivity contribution in [2.75, 3.05) is 53.9 Å². The zero-order chi connectivity index (χ0) is 21.8. The van der Waals surface area contributed by atoms with Crippen molar-refractivity contribution in [1.82, 2.24) is 20.0 Å². The molecule has 162 valence electrons. The number of carbonyl (C=O) groups is 3. The van der Waals surface area contributed by atoms with E-state index in [-0.39, 0.29) is 12.1 Å². The maximum Gasteiger partial charge on any atom is 0.409 e. The molecule has 27 heavy (non-hydrogen) atoms. The Morgan fingerprint density at radius 2 is 1.33 bits per heavy atom. The third-order valence-corrected chi connectivity index (χ3v) is 3.34. The minimum absolute atomic E-state index is 0.0417. The number of likely N-dealkylation sites (tertiary alicyclic amines) is 1. The van der Waals surface area contributed by atoms with Crippen molar-refractivity contribution in [3.63, 3.8) is 0 Å². The molecule has 3 rings (SSSR count). The number of nitrogens with one attached hydrogen (secondary N) is 1. The molecule has 0 aromatic rings. The van der Waals surface area contributed by atoms with Gasteiger partial charge in [-0.25, -0.2) is 9.59 Å². The Kier molecular flexibility index (Phi) is 22.4. The lowest BCUT2D eigenvalue weighted by Crippen LogP contribution is -2.23. The summed E-state index contributed by atoms with van der Waals surface area (Å²) in [6, 6.07) is 0.0417. The summed E-state index contributed by atoms with van der Waals surface area (Å²) in [5.41, 5.74) is 0. The van der Waals surface area contributed by atoms with Gasteiger partial charge in [0.25, 0.3) is 0 Å². The van der Waals surface area contributed by atoms with Gasteiger partial charge < -0.3 is 24.8 Å². The highest BCUT2D eigenvalue weighted by Gasteiger charge is 2.16. The van der Waals surface area contributed by atoms with Crippen molar-refractivity contribution in [3.8, 4) is 0 Å². The van der Waals surface area contributed by atoms with Crippen molar-refractivity contribution in [2.24, 2.45) is 0 Å². The van der Waals surface area contributed by atoms with Crippen LogP contribution in [-0.4, -0.2) is 86.7 Å². The van der Waals surface area contributed by atoms with Crippen LogP contribution < -0.4 is 5.32 Å². The third-order valence-electron chi connectivity index (χ3n) is 3.34. The SMILES string of the molecule is CC.CC.CC.CN1CCCC1=O.CN1CCNC1=O.CN1CCOC1=O. The Bertz CT molecular complexity index is 335. The number of carbonyl (C=O) groups excluding carboxylic acids is 3. The van der Waals surface area contributed by atoms with Crippen LogP contribution in [0.3, 0.4) is 0 Å². The number of likely N-dealkylation sites (N-methyl/N-ethyl adjacent to an activating group) is 2. The fourth-order valence-corrected chi connectivity index (χ4v) is 1.82. The van der Waals surface area contributed by atoms with Crippen LogP contribution in [0.4, 0.5) is 9.59 Å². The van der Waals surface area contributed by atoms with E-state index in [2.05, 4.69) is 10.1 Å². The maximum atomic E-state index is 10.5. The quantitative estimate of drug-likeness (QED) is 0.689. The molecule has 8 nitrogen and oxygen atoms in total. The Balaban J connectivity index is -0.000000281. The molecule has 3 aliphatic heterocycles. The molecule has 0 aromatic carbocycles. The summed E-state index contributed by atoms with van der Waals surface area (Å²) in [7, 11) is 5.34. The lowest BCUT2D eigenvalue weighted by atomic mass is 10.4. The topological polar surface area (TPSA) is 82.2 Å². The Labute approximate surface area is 166 Å². The number of cyclic esters (lactones) is 1. The molecule has 3 aliphatic rings. The summed E-state index contributed by atoms with van der Waals surface area (Å²) in [4.78, 5) is 36.1. The van der Waals surface area contributed by atoms with Crippen molar-refractivity contribution < 1.29 is 19.1 Å². The molecule has 0 radical (unpaired) electrons. The fourth-order valence-electron chi connectivity index (χ4n) is 1.82. The van der Waals surface area contributed by atoms with Gasteiger partial charge in [0.05, 0.1) is 6.54 Å². The van der Waals surface area contributed by atoms with Gasteiger partial charge in [0.15, 0.2) is 0 Å². The number of urea groups is 1. The largest absolute Gasteiger partial charge is 0.448 e. The minimum atomic E-state index is -0.208. The predicted octanol–water partition coefficient (Wildman–Crippen LogP) is 3.03. The first-order chi connectivity index (χ1) is 12.9. The zero-order valence-corrected chi connectivity index (χ0v) is 18.9. The van der Waals surface area contributed by atoms with Crippen LogP contribution in [0.25, 0.3) is 0 Å². The molecule has 0 saturated carbocycles. The minimum Gasteiger partial charge on any atom is -0.448 e. The molecule has 0 spiro atoms. The lowest BCUT2D eigenvalue weighted by molar-refractivity contribution is -0.126. The van der Waals surface area contributed by atoms with Crippen molar-refractivity contribution in [2.45, 2.75) is 54.4 Å². The molecule has 1 N–H and O–H groups in total. The third kappa shape index (κ3) is 14.8. The predicted molar refractivity (Wildman–Crippen MR) is 111 cm³/mol. The number of hydrogen-bond acceptors (Lipinski definition) is 4. The molecule has 0 atom stereocenters. The van der Waals surface area contributed by atoms with Gasteiger partial charge in [-0.3, -0.25) is 4.79 Å². The molecule has 3 heterocycles. The van der Waals surface area contributed by atoms with Gasteiger partial charge >= 0.3 is 12.1 Å². The van der Waals surface area contributed by atoms with E-state index in [1.807, 2.05) is 48.6 Å². The molecular weight excluding hydrogens is 348 g/mol. The molecule has 0 unspecified atom stereocenters.